The van der Waals surface area contributed by atoms with Crippen molar-refractivity contribution in [1.29, 1.82) is 0 Å². The zero-order valence-corrected chi connectivity index (χ0v) is 16.2. The minimum absolute atomic E-state index is 0. The molecule has 2 N–H and O–H groups in total. The highest BCUT2D eigenvalue weighted by atomic mass is 32.2. The smallest absolute Gasteiger partial charge is 0.433 e. The molecular weight excluding hydrogens is 397 g/mol. The fraction of sp³-hybridized carbons (Fsp3) is 0.353. The van der Waals surface area contributed by atoms with Crippen LogP contribution < -0.4 is 4.74 Å². The van der Waals surface area contributed by atoms with E-state index in [-0.39, 0.29) is 11.0 Å². The van der Waals surface area contributed by atoms with Crippen LogP contribution in [0.2, 0.25) is 0 Å². The Morgan fingerprint density at radius 1 is 1.18 bits per heavy atom. The fourth-order valence-electron chi connectivity index (χ4n) is 2.62. The highest BCUT2D eigenvalue weighted by Gasteiger charge is 2.33. The van der Waals surface area contributed by atoms with E-state index in [0.29, 0.717) is 40.0 Å². The van der Waals surface area contributed by atoms with Gasteiger partial charge in [0, 0.05) is 18.9 Å². The maximum atomic E-state index is 12.9. The molecule has 3 aromatic rings. The van der Waals surface area contributed by atoms with E-state index >= 15 is 0 Å². The second-order valence-corrected chi connectivity index (χ2v) is 7.34. The van der Waals surface area contributed by atoms with Crippen LogP contribution in [0, 0.1) is 0 Å². The quantitative estimate of drug-likeness (QED) is 0.637. The molecule has 0 aliphatic rings. The summed E-state index contributed by atoms with van der Waals surface area (Å²) in [6, 6.07) is 2.52. The van der Waals surface area contributed by atoms with Crippen LogP contribution >= 0.6 is 0 Å². The zero-order valence-electron chi connectivity index (χ0n) is 15.4. The van der Waals surface area contributed by atoms with Crippen molar-refractivity contribution >= 4 is 21.8 Å². The third-order valence-corrected chi connectivity index (χ3v) is 5.24. The SMILES string of the molecule is CCOc1cnc(-c2nc3cc(C(F)(F)F)ncc3n2C)c(S(=O)CC)c1.O. The monoisotopic (exact) mass is 416 g/mol. The number of aryl methyl sites for hydroxylation is 1. The lowest BCUT2D eigenvalue weighted by molar-refractivity contribution is -0.141. The molecular formula is C17H19F3N4O3S. The van der Waals surface area contributed by atoms with Gasteiger partial charge in [-0.1, -0.05) is 6.92 Å². The average molecular weight is 416 g/mol. The standard InChI is InChI=1S/C17H17F3N4O2S.H2O/c1-4-26-10-6-13(27(25)5-2)15(22-8-10)16-23-11-7-14(17(18,19)20)21-9-12(11)24(16)3;/h6-9H,4-5H2,1-3H3;1H2. The van der Waals surface area contributed by atoms with E-state index in [1.54, 1.807) is 24.6 Å². The van der Waals surface area contributed by atoms with Crippen LogP contribution in [0.25, 0.3) is 22.6 Å². The van der Waals surface area contributed by atoms with E-state index < -0.39 is 22.7 Å². The van der Waals surface area contributed by atoms with Gasteiger partial charge in [0.15, 0.2) is 5.82 Å². The third kappa shape index (κ3) is 3.99. The van der Waals surface area contributed by atoms with E-state index in [2.05, 4.69) is 15.0 Å². The first-order valence-electron chi connectivity index (χ1n) is 8.17. The molecule has 0 amide bonds. The van der Waals surface area contributed by atoms with Gasteiger partial charge in [-0.3, -0.25) is 4.21 Å². The van der Waals surface area contributed by atoms with Gasteiger partial charge in [-0.15, -0.1) is 0 Å². The average Bonchev–Trinajstić information content (AvgIpc) is 2.96. The number of alkyl halides is 3. The molecule has 0 spiro atoms. The van der Waals surface area contributed by atoms with Gasteiger partial charge >= 0.3 is 6.18 Å². The van der Waals surface area contributed by atoms with E-state index in [1.165, 1.54) is 6.20 Å². The van der Waals surface area contributed by atoms with E-state index in [4.69, 9.17) is 4.74 Å². The van der Waals surface area contributed by atoms with Crippen molar-refractivity contribution in [3.05, 3.63) is 30.2 Å². The molecule has 0 aliphatic heterocycles. The molecule has 0 saturated carbocycles. The summed E-state index contributed by atoms with van der Waals surface area (Å²) in [7, 11) is 0.293. The Bertz CT molecular complexity index is 1020. The summed E-state index contributed by atoms with van der Waals surface area (Å²) in [4.78, 5) is 12.5. The lowest BCUT2D eigenvalue weighted by Crippen LogP contribution is -2.07. The molecule has 0 saturated heterocycles. The number of pyridine rings is 2. The van der Waals surface area contributed by atoms with Gasteiger partial charge in [-0.05, 0) is 13.0 Å². The Kier molecular flexibility index (Phi) is 6.40. The molecule has 152 valence electrons. The van der Waals surface area contributed by atoms with Crippen LogP contribution in [0.15, 0.2) is 29.4 Å². The number of imidazole rings is 1. The summed E-state index contributed by atoms with van der Waals surface area (Å²) < 4.78 is 58.2. The van der Waals surface area contributed by atoms with Gasteiger partial charge < -0.3 is 14.8 Å². The molecule has 0 radical (unpaired) electrons. The maximum Gasteiger partial charge on any atom is 0.433 e. The molecule has 11 heteroatoms. The first-order chi connectivity index (χ1) is 12.8. The van der Waals surface area contributed by atoms with E-state index in [1.807, 2.05) is 6.92 Å². The highest BCUT2D eigenvalue weighted by molar-refractivity contribution is 7.85. The number of halogens is 3. The van der Waals surface area contributed by atoms with Crippen LogP contribution in [-0.4, -0.2) is 41.6 Å². The number of aromatic nitrogens is 4. The maximum absolute atomic E-state index is 12.9. The normalized spacial score (nSPS) is 12.6. The Balaban J connectivity index is 0.00000280. The van der Waals surface area contributed by atoms with Crippen LogP contribution in [0.4, 0.5) is 13.2 Å². The number of hydrogen-bond donors (Lipinski definition) is 0. The summed E-state index contributed by atoms with van der Waals surface area (Å²) in [5, 5.41) is 0. The molecule has 0 aliphatic carbocycles. The second kappa shape index (κ2) is 8.23. The predicted molar refractivity (Wildman–Crippen MR) is 98.5 cm³/mol. The fourth-order valence-corrected chi connectivity index (χ4v) is 3.54. The van der Waals surface area contributed by atoms with Crippen molar-refractivity contribution in [2.24, 2.45) is 7.05 Å². The Morgan fingerprint density at radius 3 is 2.50 bits per heavy atom. The number of hydrogen-bond acceptors (Lipinski definition) is 5. The topological polar surface area (TPSA) is 101 Å². The first kappa shape index (κ1) is 21.8. The number of fused-ring (bicyclic) bond motifs is 1. The third-order valence-electron chi connectivity index (χ3n) is 3.92. The van der Waals surface area contributed by atoms with Crippen molar-refractivity contribution < 1.29 is 27.6 Å². The molecule has 0 aromatic carbocycles. The Hall–Kier alpha value is -2.53. The van der Waals surface area contributed by atoms with Gasteiger partial charge in [-0.25, -0.2) is 15.0 Å². The zero-order chi connectivity index (χ0) is 19.8. The lowest BCUT2D eigenvalue weighted by Gasteiger charge is -2.10. The highest BCUT2D eigenvalue weighted by Crippen LogP contribution is 2.32. The molecule has 1 unspecified atom stereocenters. The van der Waals surface area contributed by atoms with Gasteiger partial charge in [0.1, 0.15) is 17.1 Å². The van der Waals surface area contributed by atoms with Crippen molar-refractivity contribution in [3.63, 3.8) is 0 Å². The number of nitrogens with zero attached hydrogens (tertiary/aromatic N) is 4. The van der Waals surface area contributed by atoms with Gasteiger partial charge in [0.25, 0.3) is 0 Å². The van der Waals surface area contributed by atoms with Gasteiger partial charge in [0.2, 0.25) is 0 Å². The van der Waals surface area contributed by atoms with Crippen LogP contribution in [0.5, 0.6) is 5.75 Å². The number of ether oxygens (including phenoxy) is 1. The van der Waals surface area contributed by atoms with Crippen molar-refractivity contribution in [2.75, 3.05) is 12.4 Å². The molecule has 3 heterocycles. The molecule has 28 heavy (non-hydrogen) atoms. The summed E-state index contributed by atoms with van der Waals surface area (Å²) in [5.74, 6) is 1.14. The Morgan fingerprint density at radius 2 is 1.89 bits per heavy atom. The summed E-state index contributed by atoms with van der Waals surface area (Å²) >= 11 is 0. The minimum Gasteiger partial charge on any atom is -0.492 e. The minimum atomic E-state index is -4.56. The van der Waals surface area contributed by atoms with E-state index in [0.717, 1.165) is 12.3 Å². The van der Waals surface area contributed by atoms with Crippen LogP contribution in [0.3, 0.4) is 0 Å². The molecule has 0 bridgehead atoms. The summed E-state index contributed by atoms with van der Waals surface area (Å²) in [6.07, 6.45) is -1.95. The summed E-state index contributed by atoms with van der Waals surface area (Å²) in [6.45, 7) is 4.01. The lowest BCUT2D eigenvalue weighted by atomic mass is 10.3. The van der Waals surface area contributed by atoms with Crippen molar-refractivity contribution in [1.82, 2.24) is 19.5 Å². The van der Waals surface area contributed by atoms with Gasteiger partial charge in [0.05, 0.1) is 45.7 Å². The second-order valence-electron chi connectivity index (χ2n) is 5.64. The summed E-state index contributed by atoms with van der Waals surface area (Å²) in [5.41, 5.74) is -0.122. The molecule has 1 atom stereocenters. The molecule has 0 fully saturated rings. The molecule has 7 nitrogen and oxygen atoms in total. The first-order valence-corrected chi connectivity index (χ1v) is 9.49. The van der Waals surface area contributed by atoms with Crippen LogP contribution in [-0.2, 0) is 24.0 Å². The molecule has 3 rings (SSSR count). The van der Waals surface area contributed by atoms with E-state index in [9.17, 15) is 17.4 Å². The van der Waals surface area contributed by atoms with Crippen LogP contribution in [0.1, 0.15) is 19.5 Å². The van der Waals surface area contributed by atoms with Gasteiger partial charge in [-0.2, -0.15) is 13.2 Å². The van der Waals surface area contributed by atoms with Crippen molar-refractivity contribution in [3.8, 4) is 17.3 Å². The predicted octanol–water partition coefficient (Wildman–Crippen LogP) is 2.75. The Labute approximate surface area is 161 Å². The number of rotatable bonds is 5. The largest absolute Gasteiger partial charge is 0.492 e. The molecule has 3 aromatic heterocycles. The van der Waals surface area contributed by atoms with Crippen molar-refractivity contribution in [2.45, 2.75) is 24.9 Å².